The van der Waals surface area contributed by atoms with Crippen LogP contribution in [0.4, 0.5) is 0 Å². The average Bonchev–Trinajstić information content (AvgIpc) is 2.30. The van der Waals surface area contributed by atoms with Crippen molar-refractivity contribution in [1.29, 1.82) is 0 Å². The van der Waals surface area contributed by atoms with Crippen molar-refractivity contribution in [2.45, 2.75) is 25.4 Å². The minimum atomic E-state index is 0.149. The summed E-state index contributed by atoms with van der Waals surface area (Å²) in [7, 11) is 0. The van der Waals surface area contributed by atoms with E-state index in [0.717, 1.165) is 19.3 Å². The Bertz CT molecular complexity index is 174. The monoisotopic (exact) mass is 226 g/mol. The maximum absolute atomic E-state index is 5.38. The summed E-state index contributed by atoms with van der Waals surface area (Å²) in [5, 5.41) is 0. The highest BCUT2D eigenvalue weighted by atomic mass is 16.5. The van der Waals surface area contributed by atoms with Crippen LogP contribution in [0.5, 0.6) is 0 Å². The van der Waals surface area contributed by atoms with E-state index in [2.05, 4.69) is 19.7 Å². The molecule has 0 aliphatic heterocycles. The van der Waals surface area contributed by atoms with Crippen molar-refractivity contribution in [1.82, 2.24) is 0 Å². The highest BCUT2D eigenvalue weighted by molar-refractivity contribution is 4.66. The molecule has 92 valence electrons. The minimum Gasteiger partial charge on any atom is -0.502 e. The van der Waals surface area contributed by atoms with Crippen LogP contribution in [0.2, 0.25) is 0 Å². The van der Waals surface area contributed by atoms with Crippen molar-refractivity contribution in [2.24, 2.45) is 0 Å². The van der Waals surface area contributed by atoms with Crippen LogP contribution < -0.4 is 0 Å². The van der Waals surface area contributed by atoms with Crippen molar-refractivity contribution in [2.75, 3.05) is 19.8 Å². The quantitative estimate of drug-likeness (QED) is 0.291. The van der Waals surface area contributed by atoms with Gasteiger partial charge in [-0.25, -0.2) is 0 Å². The summed E-state index contributed by atoms with van der Waals surface area (Å²) in [4.78, 5) is 0. The maximum Gasteiger partial charge on any atom is 0.100 e. The van der Waals surface area contributed by atoms with Gasteiger partial charge < -0.3 is 14.2 Å². The summed E-state index contributed by atoms with van der Waals surface area (Å²) in [6, 6.07) is 0. The Morgan fingerprint density at radius 1 is 1.00 bits per heavy atom. The molecule has 3 heteroatoms. The highest BCUT2D eigenvalue weighted by Gasteiger charge is 2.07. The van der Waals surface area contributed by atoms with Gasteiger partial charge >= 0.3 is 0 Å². The molecule has 0 saturated heterocycles. The van der Waals surface area contributed by atoms with Gasteiger partial charge in [0.1, 0.15) is 6.10 Å². The van der Waals surface area contributed by atoms with E-state index < -0.39 is 0 Å². The van der Waals surface area contributed by atoms with Gasteiger partial charge in [-0.1, -0.05) is 19.2 Å². The van der Waals surface area contributed by atoms with Crippen LogP contribution in [0.1, 0.15) is 19.3 Å². The molecule has 1 atom stereocenters. The van der Waals surface area contributed by atoms with Gasteiger partial charge in [0.05, 0.1) is 32.3 Å². The fourth-order valence-electron chi connectivity index (χ4n) is 1.28. The van der Waals surface area contributed by atoms with Gasteiger partial charge in [-0.15, -0.1) is 6.58 Å². The highest BCUT2D eigenvalue weighted by Crippen LogP contribution is 2.08. The van der Waals surface area contributed by atoms with Crippen molar-refractivity contribution in [3.8, 4) is 0 Å². The molecule has 0 aromatic carbocycles. The maximum atomic E-state index is 5.38. The van der Waals surface area contributed by atoms with E-state index >= 15 is 0 Å². The number of hydrogen-bond acceptors (Lipinski definition) is 3. The van der Waals surface area contributed by atoms with Crippen LogP contribution in [0.25, 0.3) is 0 Å². The fraction of sp³-hybridized carbons (Fsp3) is 0.538. The van der Waals surface area contributed by atoms with Crippen LogP contribution in [-0.2, 0) is 14.2 Å². The molecule has 0 spiro atoms. The van der Waals surface area contributed by atoms with Gasteiger partial charge in [-0.2, -0.15) is 0 Å². The van der Waals surface area contributed by atoms with E-state index in [1.54, 1.807) is 6.08 Å². The molecule has 0 bridgehead atoms. The Morgan fingerprint density at radius 3 is 2.44 bits per heavy atom. The predicted molar refractivity (Wildman–Crippen MR) is 66.1 cm³/mol. The van der Waals surface area contributed by atoms with Crippen molar-refractivity contribution >= 4 is 0 Å². The summed E-state index contributed by atoms with van der Waals surface area (Å²) in [6.45, 7) is 12.6. The molecule has 0 aromatic rings. The second-order valence-corrected chi connectivity index (χ2v) is 3.26. The molecule has 0 aliphatic carbocycles. The molecular weight excluding hydrogens is 204 g/mol. The molecule has 0 aromatic heterocycles. The zero-order valence-electron chi connectivity index (χ0n) is 9.90. The number of hydrogen-bond donors (Lipinski definition) is 0. The van der Waals surface area contributed by atoms with Gasteiger partial charge in [-0.05, 0) is 12.8 Å². The Kier molecular flexibility index (Phi) is 10.9. The normalized spacial score (nSPS) is 11.5. The second kappa shape index (κ2) is 11.9. The van der Waals surface area contributed by atoms with Crippen LogP contribution in [0.15, 0.2) is 38.3 Å². The van der Waals surface area contributed by atoms with E-state index in [0.29, 0.717) is 19.8 Å². The molecule has 16 heavy (non-hydrogen) atoms. The molecule has 0 heterocycles. The molecule has 0 aliphatic rings. The summed E-state index contributed by atoms with van der Waals surface area (Å²) < 4.78 is 15.7. The van der Waals surface area contributed by atoms with E-state index in [9.17, 15) is 0 Å². The first-order valence-electron chi connectivity index (χ1n) is 5.52. The van der Waals surface area contributed by atoms with Crippen molar-refractivity contribution in [3.63, 3.8) is 0 Å². The zero-order chi connectivity index (χ0) is 12.1. The molecule has 0 rings (SSSR count). The van der Waals surface area contributed by atoms with Gasteiger partial charge in [0, 0.05) is 6.42 Å². The minimum absolute atomic E-state index is 0.149. The molecule has 3 nitrogen and oxygen atoms in total. The first-order valence-corrected chi connectivity index (χ1v) is 5.52. The summed E-state index contributed by atoms with van der Waals surface area (Å²) in [5.41, 5.74) is 0. The first kappa shape index (κ1) is 14.8. The van der Waals surface area contributed by atoms with Crippen LogP contribution >= 0.6 is 0 Å². The largest absolute Gasteiger partial charge is 0.502 e. The average molecular weight is 226 g/mol. The lowest BCUT2D eigenvalue weighted by atomic mass is 10.1. The second-order valence-electron chi connectivity index (χ2n) is 3.26. The topological polar surface area (TPSA) is 27.7 Å². The lowest BCUT2D eigenvalue weighted by Gasteiger charge is -2.16. The molecule has 0 amide bonds. The van der Waals surface area contributed by atoms with E-state index in [-0.39, 0.29) is 6.10 Å². The van der Waals surface area contributed by atoms with E-state index in [1.807, 2.05) is 0 Å². The third kappa shape index (κ3) is 9.34. The fourth-order valence-corrected chi connectivity index (χ4v) is 1.28. The van der Waals surface area contributed by atoms with Gasteiger partial charge in [0.25, 0.3) is 0 Å². The molecular formula is C13H22O3. The Balaban J connectivity index is 3.56. The van der Waals surface area contributed by atoms with Crippen LogP contribution in [0.3, 0.4) is 0 Å². The summed E-state index contributed by atoms with van der Waals surface area (Å²) in [6.07, 6.45) is 7.54. The van der Waals surface area contributed by atoms with Crippen LogP contribution in [0, 0.1) is 0 Å². The zero-order valence-corrected chi connectivity index (χ0v) is 9.90. The van der Waals surface area contributed by atoms with Crippen LogP contribution in [-0.4, -0.2) is 25.9 Å². The molecule has 0 fully saturated rings. The Morgan fingerprint density at radius 2 is 1.81 bits per heavy atom. The van der Waals surface area contributed by atoms with Gasteiger partial charge in [-0.3, -0.25) is 0 Å². The first-order chi connectivity index (χ1) is 7.85. The molecule has 0 saturated carbocycles. The lowest BCUT2D eigenvalue weighted by Crippen LogP contribution is -2.14. The standard InChI is InChI=1S/C13H22O3/c1-4-10-15-12-9-13(16-6-3)8-7-11-14-5-2/h4-6,13H,1-3,7-12H2. The third-order valence-corrected chi connectivity index (χ3v) is 2.01. The predicted octanol–water partition coefficient (Wildman–Crippen LogP) is 3.05. The lowest BCUT2D eigenvalue weighted by molar-refractivity contribution is 0.0728. The third-order valence-electron chi connectivity index (χ3n) is 2.01. The molecule has 1 unspecified atom stereocenters. The van der Waals surface area contributed by atoms with E-state index in [1.165, 1.54) is 12.5 Å². The van der Waals surface area contributed by atoms with Gasteiger partial charge in [0.2, 0.25) is 0 Å². The van der Waals surface area contributed by atoms with Crippen molar-refractivity contribution in [3.05, 3.63) is 38.3 Å². The molecule has 0 N–H and O–H groups in total. The molecule has 0 radical (unpaired) electrons. The van der Waals surface area contributed by atoms with Crippen molar-refractivity contribution < 1.29 is 14.2 Å². The van der Waals surface area contributed by atoms with E-state index in [4.69, 9.17) is 14.2 Å². The summed E-state index contributed by atoms with van der Waals surface area (Å²) in [5.74, 6) is 0. The number of rotatable bonds is 12. The van der Waals surface area contributed by atoms with Gasteiger partial charge in [0.15, 0.2) is 0 Å². The smallest absolute Gasteiger partial charge is 0.100 e. The number of ether oxygens (including phenoxy) is 3. The SMILES string of the molecule is C=CCOCCC(CCCOC=C)OC=C. The Hall–Kier alpha value is -1.22. The summed E-state index contributed by atoms with van der Waals surface area (Å²) >= 11 is 0. The Labute approximate surface area is 98.4 Å².